The highest BCUT2D eigenvalue weighted by molar-refractivity contribution is 5.53. The van der Waals surface area contributed by atoms with Crippen molar-refractivity contribution in [3.05, 3.63) is 60.2 Å². The average molecular weight is 427 g/mol. The smallest absolute Gasteiger partial charge is 0.457 e. The lowest BCUT2D eigenvalue weighted by Gasteiger charge is -2.53. The second-order valence-electron chi connectivity index (χ2n) is 8.97. The minimum atomic E-state index is -1.83. The molecular formula is C25H30O6. The summed E-state index contributed by atoms with van der Waals surface area (Å²) in [6, 6.07) is 18.4. The number of benzene rings is 2. The van der Waals surface area contributed by atoms with Gasteiger partial charge < -0.3 is 24.4 Å². The van der Waals surface area contributed by atoms with E-state index in [1.807, 2.05) is 36.4 Å². The first-order valence-electron chi connectivity index (χ1n) is 11.0. The van der Waals surface area contributed by atoms with Gasteiger partial charge in [-0.15, -0.1) is 0 Å². The molecule has 2 heterocycles. The molecule has 2 aliphatic carbocycles. The van der Waals surface area contributed by atoms with Crippen molar-refractivity contribution >= 4 is 6.16 Å². The fourth-order valence-corrected chi connectivity index (χ4v) is 4.52. The first-order chi connectivity index (χ1) is 15.0. The number of para-hydroxylation sites is 1. The Morgan fingerprint density at radius 1 is 0.968 bits per heavy atom. The zero-order valence-electron chi connectivity index (χ0n) is 17.7. The average Bonchev–Trinajstić information content (AvgIpc) is 3.60. The number of hydrogen-bond acceptors (Lipinski definition) is 4. The van der Waals surface area contributed by atoms with E-state index in [2.05, 4.69) is 18.2 Å². The summed E-state index contributed by atoms with van der Waals surface area (Å²) in [6.07, 6.45) is 5.42. The van der Waals surface area contributed by atoms with Crippen molar-refractivity contribution in [3.8, 4) is 11.5 Å². The molecular weight excluding hydrogens is 396 g/mol. The molecule has 0 unspecified atom stereocenters. The highest BCUT2D eigenvalue weighted by Gasteiger charge is 2.50. The molecule has 2 aromatic carbocycles. The van der Waals surface area contributed by atoms with Gasteiger partial charge in [-0.2, -0.15) is 0 Å². The van der Waals surface area contributed by atoms with Crippen LogP contribution in [0.3, 0.4) is 0 Å². The minimum Gasteiger partial charge on any atom is -0.457 e. The zero-order chi connectivity index (χ0) is 21.7. The lowest BCUT2D eigenvalue weighted by Crippen LogP contribution is -2.51. The summed E-state index contributed by atoms with van der Waals surface area (Å²) in [4.78, 5) is 8.56. The number of carbonyl (C=O) groups is 1. The maximum absolute atomic E-state index is 8.56. The molecule has 0 aromatic heterocycles. The summed E-state index contributed by atoms with van der Waals surface area (Å²) in [5.41, 5.74) is 1.35. The molecule has 166 valence electrons. The van der Waals surface area contributed by atoms with E-state index in [1.165, 1.54) is 31.2 Å². The quantitative estimate of drug-likeness (QED) is 0.572. The Morgan fingerprint density at radius 2 is 1.65 bits per heavy atom. The zero-order valence-corrected chi connectivity index (χ0v) is 17.7. The number of hydrogen-bond donors (Lipinski definition) is 2. The normalized spacial score (nSPS) is 26.6. The number of ether oxygens (including phenoxy) is 3. The molecule has 0 radical (unpaired) electrons. The van der Waals surface area contributed by atoms with Crippen LogP contribution in [-0.2, 0) is 15.1 Å². The van der Waals surface area contributed by atoms with Crippen molar-refractivity contribution in [2.75, 3.05) is 19.8 Å². The SMILES string of the molecule is O=C(O)O.c1ccc(Oc2cccc(C34CCC(COCC5CC5)(CC3)CO4)c2)cc1. The summed E-state index contributed by atoms with van der Waals surface area (Å²) in [7, 11) is 0. The third-order valence-corrected chi connectivity index (χ3v) is 6.57. The predicted molar refractivity (Wildman–Crippen MR) is 116 cm³/mol. The lowest BCUT2D eigenvalue weighted by atomic mass is 9.64. The van der Waals surface area contributed by atoms with Crippen LogP contribution in [0.4, 0.5) is 4.79 Å². The van der Waals surface area contributed by atoms with E-state index in [-0.39, 0.29) is 11.0 Å². The molecule has 6 rings (SSSR count). The van der Waals surface area contributed by atoms with Gasteiger partial charge >= 0.3 is 6.16 Å². The fraction of sp³-hybridized carbons (Fsp3) is 0.480. The molecule has 2 aliphatic heterocycles. The van der Waals surface area contributed by atoms with Crippen molar-refractivity contribution in [1.29, 1.82) is 0 Å². The topological polar surface area (TPSA) is 85.2 Å². The van der Waals surface area contributed by atoms with Gasteiger partial charge in [0.15, 0.2) is 0 Å². The van der Waals surface area contributed by atoms with Crippen LogP contribution in [0.15, 0.2) is 54.6 Å². The van der Waals surface area contributed by atoms with Crippen molar-refractivity contribution < 1.29 is 29.2 Å². The Kier molecular flexibility index (Phi) is 6.49. The van der Waals surface area contributed by atoms with E-state index in [9.17, 15) is 0 Å². The molecule has 31 heavy (non-hydrogen) atoms. The van der Waals surface area contributed by atoms with E-state index >= 15 is 0 Å². The van der Waals surface area contributed by atoms with Gasteiger partial charge in [-0.1, -0.05) is 30.3 Å². The van der Waals surface area contributed by atoms with Gasteiger partial charge in [0.25, 0.3) is 0 Å². The fourth-order valence-electron chi connectivity index (χ4n) is 4.52. The van der Waals surface area contributed by atoms with Crippen molar-refractivity contribution in [2.24, 2.45) is 11.3 Å². The molecule has 0 atom stereocenters. The van der Waals surface area contributed by atoms with E-state index in [0.29, 0.717) is 0 Å². The molecule has 2 saturated heterocycles. The first kappa shape index (κ1) is 21.7. The van der Waals surface area contributed by atoms with Gasteiger partial charge in [0, 0.05) is 12.0 Å². The molecule has 2 bridgehead atoms. The minimum absolute atomic E-state index is 0.145. The first-order valence-corrected chi connectivity index (χ1v) is 11.0. The Bertz CT molecular complexity index is 848. The van der Waals surface area contributed by atoms with E-state index in [0.717, 1.165) is 50.1 Å². The monoisotopic (exact) mass is 426 g/mol. The van der Waals surface area contributed by atoms with Crippen LogP contribution in [0.1, 0.15) is 44.1 Å². The molecule has 6 nitrogen and oxygen atoms in total. The summed E-state index contributed by atoms with van der Waals surface area (Å²) < 4.78 is 18.6. The Hall–Kier alpha value is -2.57. The van der Waals surface area contributed by atoms with E-state index in [1.54, 1.807) is 0 Å². The second-order valence-corrected chi connectivity index (χ2v) is 8.97. The molecule has 2 aromatic rings. The third kappa shape index (κ3) is 5.57. The van der Waals surface area contributed by atoms with Gasteiger partial charge in [-0.3, -0.25) is 0 Å². The largest absolute Gasteiger partial charge is 0.503 e. The maximum atomic E-state index is 8.56. The van der Waals surface area contributed by atoms with Gasteiger partial charge in [0.2, 0.25) is 0 Å². The lowest BCUT2D eigenvalue weighted by molar-refractivity contribution is -0.204. The van der Waals surface area contributed by atoms with Crippen LogP contribution >= 0.6 is 0 Å². The van der Waals surface area contributed by atoms with Crippen LogP contribution in [0.2, 0.25) is 0 Å². The second kappa shape index (κ2) is 9.28. The van der Waals surface area contributed by atoms with Gasteiger partial charge in [-0.25, -0.2) is 4.79 Å². The molecule has 0 spiro atoms. The third-order valence-electron chi connectivity index (χ3n) is 6.57. The summed E-state index contributed by atoms with van der Waals surface area (Å²) in [5, 5.41) is 13.9. The van der Waals surface area contributed by atoms with Crippen LogP contribution in [0.5, 0.6) is 11.5 Å². The molecule has 2 saturated carbocycles. The predicted octanol–water partition coefficient (Wildman–Crippen LogP) is 5.91. The Labute approximate surface area is 182 Å². The Balaban J connectivity index is 0.000000535. The number of fused-ring (bicyclic) bond motifs is 3. The van der Waals surface area contributed by atoms with Gasteiger partial charge in [0.1, 0.15) is 11.5 Å². The van der Waals surface area contributed by atoms with Crippen LogP contribution in [-0.4, -0.2) is 36.2 Å². The molecule has 0 amide bonds. The number of carboxylic acid groups (broad SMARTS) is 2. The van der Waals surface area contributed by atoms with Crippen LogP contribution in [0.25, 0.3) is 0 Å². The van der Waals surface area contributed by atoms with Crippen LogP contribution < -0.4 is 4.74 Å². The van der Waals surface area contributed by atoms with Gasteiger partial charge in [-0.05, 0) is 74.3 Å². The van der Waals surface area contributed by atoms with Crippen molar-refractivity contribution in [1.82, 2.24) is 0 Å². The summed E-state index contributed by atoms with van der Waals surface area (Å²) in [6.45, 7) is 2.64. The molecule has 6 heteroatoms. The summed E-state index contributed by atoms with van der Waals surface area (Å²) >= 11 is 0. The maximum Gasteiger partial charge on any atom is 0.503 e. The van der Waals surface area contributed by atoms with E-state index < -0.39 is 6.16 Å². The summed E-state index contributed by atoms with van der Waals surface area (Å²) in [5.74, 6) is 2.58. The highest BCUT2D eigenvalue weighted by Crippen LogP contribution is 2.54. The van der Waals surface area contributed by atoms with Crippen molar-refractivity contribution in [2.45, 2.75) is 44.1 Å². The van der Waals surface area contributed by atoms with Crippen molar-refractivity contribution in [3.63, 3.8) is 0 Å². The Morgan fingerprint density at radius 3 is 2.26 bits per heavy atom. The number of rotatable bonds is 7. The highest BCUT2D eigenvalue weighted by atomic mass is 16.6. The molecule has 2 N–H and O–H groups in total. The standard InChI is InChI=1S/C24H28O3.CH2O3/c1-2-6-21(7-3-1)27-22-8-4-5-20(15-22)24-13-11-23(12-14-24,18-26-24)17-25-16-19-9-10-19;2-1(3)4/h1-8,15,19H,9-14,16-18H2;(H2,2,3,4). The van der Waals surface area contributed by atoms with E-state index in [4.69, 9.17) is 29.2 Å². The van der Waals surface area contributed by atoms with Gasteiger partial charge in [0.05, 0.1) is 18.8 Å². The molecule has 4 aliphatic rings. The van der Waals surface area contributed by atoms with Crippen LogP contribution in [0, 0.1) is 11.3 Å². The molecule has 4 fully saturated rings.